The largest absolute Gasteiger partial charge is 0.396 e. The predicted octanol–water partition coefficient (Wildman–Crippen LogP) is 2.77. The molecule has 0 unspecified atom stereocenters. The smallest absolute Gasteiger partial charge is 0.188 e. The minimum Gasteiger partial charge on any atom is -0.188 e. The van der Waals surface area contributed by atoms with Gasteiger partial charge in [0.1, 0.15) is 6.42 Å². The van der Waals surface area contributed by atoms with Gasteiger partial charge in [-0.1, -0.05) is 0 Å². The van der Waals surface area contributed by atoms with Crippen LogP contribution in [0.4, 0.5) is 22.0 Å². The van der Waals surface area contributed by atoms with E-state index in [4.69, 9.17) is 0 Å². The molecule has 0 aromatic carbocycles. The molecule has 0 spiro atoms. The van der Waals surface area contributed by atoms with Crippen LogP contribution in [0.5, 0.6) is 0 Å². The number of hydrogen-bond acceptors (Lipinski definition) is 0. The Hall–Kier alpha value is -0.0600. The first-order chi connectivity index (χ1) is 3.71. The predicted molar refractivity (Wildman–Crippen MR) is 21.5 cm³/mol. The molecule has 0 atom stereocenters. The minimum atomic E-state index is -4.90. The third kappa shape index (κ3) is 7.94. The van der Waals surface area contributed by atoms with Crippen molar-refractivity contribution in [2.24, 2.45) is 0 Å². The maximum Gasteiger partial charge on any atom is 0.396 e. The summed E-state index contributed by atoms with van der Waals surface area (Å²) in [6.45, 7) is 0. The highest BCUT2D eigenvalue weighted by molar-refractivity contribution is 6.21. The molecule has 0 aliphatic rings. The molecule has 56 valence electrons. The fourth-order valence-corrected chi connectivity index (χ4v) is 0.379. The molecule has 0 N–H and O–H groups in total. The lowest BCUT2D eigenvalue weighted by molar-refractivity contribution is -0.167. The molecule has 0 saturated carbocycles. The van der Waals surface area contributed by atoms with Gasteiger partial charge in [0.2, 0.25) is 0 Å². The molecule has 0 bridgehead atoms. The van der Waals surface area contributed by atoms with Crippen LogP contribution in [0.1, 0.15) is 6.42 Å². The monoisotopic (exact) mass is 168 g/mol. The lowest BCUT2D eigenvalue weighted by Crippen LogP contribution is -2.19. The van der Waals surface area contributed by atoms with Gasteiger partial charge in [0.15, 0.2) is 0 Å². The van der Waals surface area contributed by atoms with Crippen molar-refractivity contribution in [3.05, 3.63) is 0 Å². The fourth-order valence-electron chi connectivity index (χ4n) is 0.227. The van der Waals surface area contributed by atoms with E-state index in [0.29, 0.717) is 0 Å². The Balaban J connectivity index is 3.75. The van der Waals surface area contributed by atoms with E-state index in [1.165, 1.54) is 0 Å². The molecule has 9 heavy (non-hydrogen) atoms. The van der Waals surface area contributed by atoms with Gasteiger partial charge < -0.3 is 0 Å². The second-order valence-corrected chi connectivity index (χ2v) is 1.96. The Bertz CT molecular complexity index is 77.4. The summed E-state index contributed by atoms with van der Waals surface area (Å²) in [5.74, 6) is 0. The first kappa shape index (κ1) is 8.94. The molecule has 0 aliphatic heterocycles. The number of alkyl halides is 6. The molecule has 0 rings (SSSR count). The first-order valence-corrected chi connectivity index (χ1v) is 2.22. The molecule has 0 fully saturated rings. The van der Waals surface area contributed by atoms with Gasteiger partial charge in [0.25, 0.3) is 0 Å². The third-order valence-corrected chi connectivity index (χ3v) is 0.535. The average molecular weight is 168 g/mol. The van der Waals surface area contributed by atoms with Crippen molar-refractivity contribution in [3.63, 3.8) is 0 Å². The van der Waals surface area contributed by atoms with Crippen molar-refractivity contribution in [2.45, 2.75) is 18.0 Å². The molecule has 0 amide bonds. The van der Waals surface area contributed by atoms with E-state index >= 15 is 0 Å². The average Bonchev–Trinajstić information content (AvgIpc) is 1.14. The summed E-state index contributed by atoms with van der Waals surface area (Å²) in [6.07, 6.45) is -7.17. The van der Waals surface area contributed by atoms with Gasteiger partial charge in [0.05, 0.1) is 0 Å². The standard InChI is InChI=1S/C3H2ClF5/c4-2(5,6)1-3(7,8)9/h1H2. The zero-order valence-electron chi connectivity index (χ0n) is 3.97. The Kier molecular flexibility index (Phi) is 2.27. The van der Waals surface area contributed by atoms with Crippen molar-refractivity contribution < 1.29 is 22.0 Å². The molecule has 0 aliphatic carbocycles. The fraction of sp³-hybridized carbons (Fsp3) is 1.00. The van der Waals surface area contributed by atoms with E-state index in [-0.39, 0.29) is 0 Å². The van der Waals surface area contributed by atoms with E-state index in [1.807, 2.05) is 0 Å². The van der Waals surface area contributed by atoms with Crippen molar-refractivity contribution in [2.75, 3.05) is 0 Å². The van der Waals surface area contributed by atoms with E-state index in [0.717, 1.165) is 0 Å². The Morgan fingerprint density at radius 1 is 1.00 bits per heavy atom. The molecule has 0 radical (unpaired) electrons. The zero-order valence-corrected chi connectivity index (χ0v) is 4.73. The van der Waals surface area contributed by atoms with Crippen LogP contribution in [0.2, 0.25) is 0 Å². The van der Waals surface area contributed by atoms with E-state index < -0.39 is 18.0 Å². The number of hydrogen-bond donors (Lipinski definition) is 0. The zero-order chi connectivity index (χ0) is 7.71. The lowest BCUT2D eigenvalue weighted by Gasteiger charge is -2.09. The second kappa shape index (κ2) is 2.28. The first-order valence-electron chi connectivity index (χ1n) is 1.84. The van der Waals surface area contributed by atoms with Gasteiger partial charge in [-0.15, -0.1) is 0 Å². The summed E-state index contributed by atoms with van der Waals surface area (Å²) in [7, 11) is 0. The highest BCUT2D eigenvalue weighted by Crippen LogP contribution is 2.33. The summed E-state index contributed by atoms with van der Waals surface area (Å²) in [5, 5.41) is -4.17. The van der Waals surface area contributed by atoms with Crippen molar-refractivity contribution >= 4 is 11.6 Å². The Morgan fingerprint density at radius 3 is 1.33 bits per heavy atom. The second-order valence-electron chi connectivity index (χ2n) is 1.41. The summed E-state index contributed by atoms with van der Waals surface area (Å²) >= 11 is 3.96. The topological polar surface area (TPSA) is 0 Å². The molecule has 0 saturated heterocycles. The SMILES string of the molecule is FC(F)(F)CC(F)(F)Cl. The van der Waals surface area contributed by atoms with Gasteiger partial charge in [-0.05, 0) is 11.6 Å². The highest BCUT2D eigenvalue weighted by atomic mass is 35.5. The summed E-state index contributed by atoms with van der Waals surface area (Å²) in [6, 6.07) is 0. The number of rotatable bonds is 1. The molecular formula is C3H2ClF5. The van der Waals surface area contributed by atoms with Crippen LogP contribution in [0, 0.1) is 0 Å². The van der Waals surface area contributed by atoms with Crippen molar-refractivity contribution in [1.29, 1.82) is 0 Å². The van der Waals surface area contributed by atoms with Crippen LogP contribution in [-0.2, 0) is 0 Å². The van der Waals surface area contributed by atoms with Crippen molar-refractivity contribution in [3.8, 4) is 0 Å². The minimum absolute atomic E-state index is 2.28. The number of halogens is 6. The van der Waals surface area contributed by atoms with Gasteiger partial charge in [-0.2, -0.15) is 22.0 Å². The molecule has 6 heteroatoms. The molecule has 0 heterocycles. The highest BCUT2D eigenvalue weighted by Gasteiger charge is 2.41. The normalized spacial score (nSPS) is 14.0. The van der Waals surface area contributed by atoms with E-state index in [2.05, 4.69) is 11.6 Å². The van der Waals surface area contributed by atoms with E-state index in [1.54, 1.807) is 0 Å². The van der Waals surface area contributed by atoms with Crippen LogP contribution in [0.3, 0.4) is 0 Å². The molecular weight excluding hydrogens is 166 g/mol. The van der Waals surface area contributed by atoms with Crippen LogP contribution >= 0.6 is 11.6 Å². The third-order valence-electron chi connectivity index (χ3n) is 0.401. The van der Waals surface area contributed by atoms with Crippen LogP contribution in [0.15, 0.2) is 0 Å². The molecule has 0 aromatic heterocycles. The van der Waals surface area contributed by atoms with Crippen LogP contribution in [-0.4, -0.2) is 11.6 Å². The quantitative estimate of drug-likeness (QED) is 0.417. The van der Waals surface area contributed by atoms with Crippen LogP contribution in [0.25, 0.3) is 0 Å². The van der Waals surface area contributed by atoms with Gasteiger partial charge in [-0.25, -0.2) is 0 Å². The Morgan fingerprint density at radius 2 is 1.33 bits per heavy atom. The van der Waals surface area contributed by atoms with E-state index in [9.17, 15) is 22.0 Å². The van der Waals surface area contributed by atoms with Crippen LogP contribution < -0.4 is 0 Å². The van der Waals surface area contributed by atoms with Crippen molar-refractivity contribution in [1.82, 2.24) is 0 Å². The lowest BCUT2D eigenvalue weighted by atomic mass is 10.4. The summed E-state index contributed by atoms with van der Waals surface area (Å²) in [5.41, 5.74) is 0. The van der Waals surface area contributed by atoms with Gasteiger partial charge in [0, 0.05) is 0 Å². The maximum absolute atomic E-state index is 11.3. The van der Waals surface area contributed by atoms with Gasteiger partial charge in [-0.3, -0.25) is 0 Å². The molecule has 0 aromatic rings. The Labute approximate surface area is 52.6 Å². The van der Waals surface area contributed by atoms with Gasteiger partial charge >= 0.3 is 11.6 Å². The molecule has 0 nitrogen and oxygen atoms in total. The summed E-state index contributed by atoms with van der Waals surface area (Å²) in [4.78, 5) is 0. The summed E-state index contributed by atoms with van der Waals surface area (Å²) < 4.78 is 55.5. The maximum atomic E-state index is 11.3.